The number of nitriles is 1. The van der Waals surface area contributed by atoms with E-state index in [1.165, 1.54) is 0 Å². The first-order chi connectivity index (χ1) is 15.6. The lowest BCUT2D eigenvalue weighted by Crippen LogP contribution is -2.36. The molecule has 164 valence electrons. The van der Waals surface area contributed by atoms with Crippen molar-refractivity contribution >= 4 is 39.7 Å². The molecule has 0 amide bonds. The zero-order valence-electron chi connectivity index (χ0n) is 17.3. The molecule has 1 saturated carbocycles. The largest absolute Gasteiger partial charge is 0.477 e. The third-order valence-electron chi connectivity index (χ3n) is 5.81. The highest BCUT2D eigenvalue weighted by atomic mass is 35.5. The summed E-state index contributed by atoms with van der Waals surface area (Å²) < 4.78 is 13.3. The molecule has 1 fully saturated rings. The van der Waals surface area contributed by atoms with Gasteiger partial charge in [0.05, 0.1) is 34.5 Å². The average molecular weight is 452 g/mol. The van der Waals surface area contributed by atoms with Crippen molar-refractivity contribution in [1.29, 1.82) is 5.26 Å². The molecule has 8 nitrogen and oxygen atoms in total. The van der Waals surface area contributed by atoms with Gasteiger partial charge in [-0.1, -0.05) is 30.5 Å². The summed E-state index contributed by atoms with van der Waals surface area (Å²) in [7, 11) is 0. The molecule has 0 aliphatic heterocycles. The van der Waals surface area contributed by atoms with E-state index in [0.717, 1.165) is 47.8 Å². The zero-order chi connectivity index (χ0) is 22.1. The maximum absolute atomic E-state index is 10.2. The number of ether oxygens (including phenoxy) is 1. The van der Waals surface area contributed by atoms with Gasteiger partial charge in [0, 0.05) is 12.6 Å². The Bertz CT molecular complexity index is 1310. The first kappa shape index (κ1) is 20.6. The van der Waals surface area contributed by atoms with E-state index in [0.29, 0.717) is 28.9 Å². The van der Waals surface area contributed by atoms with Crippen LogP contribution in [0.2, 0.25) is 5.02 Å². The maximum atomic E-state index is 10.2. The Kier molecular flexibility index (Phi) is 5.60. The summed E-state index contributed by atoms with van der Waals surface area (Å²) in [5, 5.41) is 22.6. The Balaban J connectivity index is 1.36. The van der Waals surface area contributed by atoms with Gasteiger partial charge in [0.15, 0.2) is 12.2 Å². The monoisotopic (exact) mass is 451 g/mol. The van der Waals surface area contributed by atoms with E-state index >= 15 is 0 Å². The number of hydrogen-bond acceptors (Lipinski definition) is 7. The highest BCUT2D eigenvalue weighted by molar-refractivity contribution is 6.32. The van der Waals surface area contributed by atoms with E-state index < -0.39 is 0 Å². The van der Waals surface area contributed by atoms with Crippen LogP contribution in [0.3, 0.4) is 0 Å². The molecule has 0 spiro atoms. The van der Waals surface area contributed by atoms with Crippen molar-refractivity contribution in [2.75, 3.05) is 11.9 Å². The lowest BCUT2D eigenvalue weighted by Gasteiger charge is -2.27. The lowest BCUT2D eigenvalue weighted by atomic mass is 9.93. The number of anilines is 1. The number of benzene rings is 2. The van der Waals surface area contributed by atoms with Crippen LogP contribution in [-0.4, -0.2) is 38.4 Å². The highest BCUT2D eigenvalue weighted by Crippen LogP contribution is 2.30. The van der Waals surface area contributed by atoms with E-state index in [2.05, 4.69) is 15.3 Å². The second-order valence-corrected chi connectivity index (χ2v) is 8.42. The Hall–Kier alpha value is -3.28. The minimum Gasteiger partial charge on any atom is -0.477 e. The molecule has 5 rings (SSSR count). The second-order valence-electron chi connectivity index (χ2n) is 8.01. The van der Waals surface area contributed by atoms with Crippen LogP contribution in [0.15, 0.2) is 41.1 Å². The third-order valence-corrected chi connectivity index (χ3v) is 6.11. The molecule has 2 aromatic heterocycles. The number of aromatic nitrogens is 3. The molecule has 1 aliphatic carbocycles. The van der Waals surface area contributed by atoms with Gasteiger partial charge in [-0.3, -0.25) is 0 Å². The Morgan fingerprint density at radius 3 is 2.97 bits per heavy atom. The first-order valence-electron chi connectivity index (χ1n) is 10.6. The molecule has 0 unspecified atom stereocenters. The van der Waals surface area contributed by atoms with E-state index in [4.69, 9.17) is 26.0 Å². The van der Waals surface area contributed by atoms with Crippen molar-refractivity contribution in [3.63, 3.8) is 0 Å². The van der Waals surface area contributed by atoms with Crippen molar-refractivity contribution < 1.29 is 14.3 Å². The van der Waals surface area contributed by atoms with Crippen molar-refractivity contribution in [2.45, 2.75) is 44.4 Å². The molecule has 0 saturated heterocycles. The Labute approximate surface area is 189 Å². The summed E-state index contributed by atoms with van der Waals surface area (Å²) in [6.45, 7) is 0.506. The number of rotatable bonds is 6. The summed E-state index contributed by atoms with van der Waals surface area (Å²) in [5.74, 6) is 0.442. The van der Waals surface area contributed by atoms with Gasteiger partial charge in [-0.15, -0.1) is 0 Å². The molecule has 2 heterocycles. The fraction of sp³-hybridized carbons (Fsp3) is 0.348. The number of oxazole rings is 1. The summed E-state index contributed by atoms with van der Waals surface area (Å²) in [4.78, 5) is 8.95. The number of aliphatic hydroxyl groups excluding tert-OH is 1. The average Bonchev–Trinajstić information content (AvgIpc) is 3.36. The molecule has 0 bridgehead atoms. The van der Waals surface area contributed by atoms with Crippen LogP contribution in [0.4, 0.5) is 6.01 Å². The summed E-state index contributed by atoms with van der Waals surface area (Å²) in [5.41, 5.74) is 4.08. The SMILES string of the molecule is N#CCOc1cc2ncn(Cc3ccc4nc(N[C@@H]5CCCC[C@H]5O)oc4c3)c2cc1Cl. The van der Waals surface area contributed by atoms with Gasteiger partial charge in [-0.05, 0) is 36.6 Å². The predicted molar refractivity (Wildman–Crippen MR) is 121 cm³/mol. The Morgan fingerprint density at radius 2 is 2.12 bits per heavy atom. The van der Waals surface area contributed by atoms with E-state index in [1.54, 1.807) is 18.5 Å². The number of fused-ring (bicyclic) bond motifs is 2. The first-order valence-corrected chi connectivity index (χ1v) is 11.0. The van der Waals surface area contributed by atoms with Crippen LogP contribution >= 0.6 is 11.6 Å². The second kappa shape index (κ2) is 8.69. The van der Waals surface area contributed by atoms with Gasteiger partial charge in [0.25, 0.3) is 6.01 Å². The molecule has 0 radical (unpaired) electrons. The predicted octanol–water partition coefficient (Wildman–Crippen LogP) is 4.50. The van der Waals surface area contributed by atoms with Crippen LogP contribution in [0.5, 0.6) is 5.75 Å². The van der Waals surface area contributed by atoms with Gasteiger partial charge < -0.3 is 24.1 Å². The fourth-order valence-corrected chi connectivity index (χ4v) is 4.38. The van der Waals surface area contributed by atoms with Crippen molar-refractivity contribution in [1.82, 2.24) is 14.5 Å². The van der Waals surface area contributed by atoms with Crippen molar-refractivity contribution in [2.24, 2.45) is 0 Å². The van der Waals surface area contributed by atoms with Gasteiger partial charge in [0.1, 0.15) is 17.3 Å². The van der Waals surface area contributed by atoms with Gasteiger partial charge in [0.2, 0.25) is 0 Å². The number of imidazole rings is 1. The zero-order valence-corrected chi connectivity index (χ0v) is 18.0. The van der Waals surface area contributed by atoms with Crippen LogP contribution < -0.4 is 10.1 Å². The molecule has 1 aliphatic rings. The minimum absolute atomic E-state index is 0.0274. The maximum Gasteiger partial charge on any atom is 0.295 e. The quantitative estimate of drug-likeness (QED) is 0.444. The van der Waals surface area contributed by atoms with Crippen LogP contribution in [-0.2, 0) is 6.54 Å². The van der Waals surface area contributed by atoms with E-state index in [9.17, 15) is 5.11 Å². The molecule has 2 atom stereocenters. The highest BCUT2D eigenvalue weighted by Gasteiger charge is 2.24. The van der Waals surface area contributed by atoms with Gasteiger partial charge >= 0.3 is 0 Å². The van der Waals surface area contributed by atoms with Crippen LogP contribution in [0, 0.1) is 11.3 Å². The number of nitrogens with zero attached hydrogens (tertiary/aromatic N) is 4. The van der Waals surface area contributed by atoms with Gasteiger partial charge in [-0.2, -0.15) is 10.2 Å². The molecule has 2 aromatic carbocycles. The van der Waals surface area contributed by atoms with Crippen molar-refractivity contribution in [3.05, 3.63) is 47.2 Å². The standard InChI is InChI=1S/C23H22ClN5O3/c24-15-10-19-18(11-21(15)31-8-7-25)26-13-29(19)12-14-5-6-17-22(9-14)32-23(28-17)27-16-3-1-2-4-20(16)30/h5-6,9-11,13,16,20,30H,1-4,8,12H2,(H,27,28)/t16-,20-/m1/s1. The number of aliphatic hydroxyl groups is 1. The van der Waals surface area contributed by atoms with Crippen LogP contribution in [0.25, 0.3) is 22.1 Å². The normalized spacial score (nSPS) is 18.7. The smallest absolute Gasteiger partial charge is 0.295 e. The Morgan fingerprint density at radius 1 is 1.25 bits per heavy atom. The molecule has 9 heteroatoms. The fourth-order valence-electron chi connectivity index (χ4n) is 4.17. The number of nitrogens with one attached hydrogen (secondary N) is 1. The van der Waals surface area contributed by atoms with E-state index in [1.807, 2.05) is 28.8 Å². The topological polar surface area (TPSA) is 109 Å². The number of hydrogen-bond donors (Lipinski definition) is 2. The summed E-state index contributed by atoms with van der Waals surface area (Å²) in [6, 6.07) is 11.8. The summed E-state index contributed by atoms with van der Waals surface area (Å²) in [6.07, 6.45) is 5.23. The van der Waals surface area contributed by atoms with E-state index in [-0.39, 0.29) is 18.8 Å². The third kappa shape index (κ3) is 4.09. The summed E-state index contributed by atoms with van der Waals surface area (Å²) >= 11 is 6.32. The molecular formula is C23H22ClN5O3. The molecule has 4 aromatic rings. The molecular weight excluding hydrogens is 430 g/mol. The lowest BCUT2D eigenvalue weighted by molar-refractivity contribution is 0.115. The molecule has 2 N–H and O–H groups in total. The number of halogens is 1. The molecule has 32 heavy (non-hydrogen) atoms. The van der Waals surface area contributed by atoms with Crippen LogP contribution in [0.1, 0.15) is 31.2 Å². The van der Waals surface area contributed by atoms with Crippen molar-refractivity contribution in [3.8, 4) is 11.8 Å². The van der Waals surface area contributed by atoms with Gasteiger partial charge in [-0.25, -0.2) is 4.98 Å². The minimum atomic E-state index is -0.374.